The van der Waals surface area contributed by atoms with Gasteiger partial charge in [0.15, 0.2) is 0 Å². The van der Waals surface area contributed by atoms with Gasteiger partial charge in [-0.05, 0) is 51.3 Å². The zero-order chi connectivity index (χ0) is 11.0. The summed E-state index contributed by atoms with van der Waals surface area (Å²) in [4.78, 5) is 2.32. The Balaban J connectivity index is 2.46. The van der Waals surface area contributed by atoms with Crippen LogP contribution in [0.25, 0.3) is 0 Å². The van der Waals surface area contributed by atoms with E-state index in [1.165, 1.54) is 5.56 Å². The third-order valence-corrected chi connectivity index (χ3v) is 3.19. The van der Waals surface area contributed by atoms with E-state index in [2.05, 4.69) is 25.7 Å². The van der Waals surface area contributed by atoms with Crippen molar-refractivity contribution in [1.82, 2.24) is 0 Å². The lowest BCUT2D eigenvalue weighted by Crippen LogP contribution is -2.42. The van der Waals surface area contributed by atoms with Gasteiger partial charge in [-0.1, -0.05) is 6.07 Å². The first-order valence-electron chi connectivity index (χ1n) is 5.66. The summed E-state index contributed by atoms with van der Waals surface area (Å²) in [6, 6.07) is 6.10. The number of hydrogen-bond donors (Lipinski definition) is 0. The maximum atomic E-state index is 13.2. The van der Waals surface area contributed by atoms with Gasteiger partial charge in [-0.3, -0.25) is 0 Å². The van der Waals surface area contributed by atoms with Gasteiger partial charge < -0.3 is 4.90 Å². The van der Waals surface area contributed by atoms with Crippen molar-refractivity contribution in [2.24, 2.45) is 0 Å². The highest BCUT2D eigenvalue weighted by atomic mass is 19.1. The lowest BCUT2D eigenvalue weighted by atomic mass is 9.95. The van der Waals surface area contributed by atoms with Gasteiger partial charge in [0.25, 0.3) is 0 Å². The molecular weight excluding hydrogens is 189 g/mol. The quantitative estimate of drug-likeness (QED) is 0.682. The predicted octanol–water partition coefficient (Wildman–Crippen LogP) is 3.38. The molecule has 0 fully saturated rings. The van der Waals surface area contributed by atoms with E-state index in [4.69, 9.17) is 0 Å². The Labute approximate surface area is 90.9 Å². The van der Waals surface area contributed by atoms with Gasteiger partial charge in [0.2, 0.25) is 0 Å². The Bertz CT molecular complexity index is 360. The van der Waals surface area contributed by atoms with Crippen LogP contribution in [0, 0.1) is 5.82 Å². The molecule has 2 rings (SSSR count). The van der Waals surface area contributed by atoms with Crippen molar-refractivity contribution < 1.29 is 4.39 Å². The minimum absolute atomic E-state index is 0.131. The maximum Gasteiger partial charge on any atom is 0.125 e. The summed E-state index contributed by atoms with van der Waals surface area (Å²) in [5.74, 6) is -0.131. The molecular formula is C13H18FN. The van der Waals surface area contributed by atoms with Crippen LogP contribution in [-0.4, -0.2) is 12.1 Å². The SMILES string of the molecule is CC(C)N1c2cc(F)ccc2CCC1C. The largest absolute Gasteiger partial charge is 0.366 e. The molecule has 0 bridgehead atoms. The molecule has 2 heteroatoms. The molecule has 1 unspecified atom stereocenters. The minimum Gasteiger partial charge on any atom is -0.366 e. The van der Waals surface area contributed by atoms with Crippen LogP contribution in [0.4, 0.5) is 10.1 Å². The van der Waals surface area contributed by atoms with Crippen molar-refractivity contribution in [3.05, 3.63) is 29.6 Å². The number of benzene rings is 1. The number of fused-ring (bicyclic) bond motifs is 1. The number of hydrogen-bond acceptors (Lipinski definition) is 1. The molecule has 0 saturated heterocycles. The summed E-state index contributed by atoms with van der Waals surface area (Å²) >= 11 is 0. The Kier molecular flexibility index (Phi) is 2.68. The van der Waals surface area contributed by atoms with Gasteiger partial charge in [-0.2, -0.15) is 0 Å². The molecule has 1 aliphatic rings. The zero-order valence-electron chi connectivity index (χ0n) is 9.63. The first-order valence-corrected chi connectivity index (χ1v) is 5.66. The summed E-state index contributed by atoms with van der Waals surface area (Å²) in [5.41, 5.74) is 2.37. The molecule has 1 nitrogen and oxygen atoms in total. The molecule has 0 spiro atoms. The summed E-state index contributed by atoms with van der Waals surface area (Å²) in [7, 11) is 0. The summed E-state index contributed by atoms with van der Waals surface area (Å²) in [5, 5.41) is 0. The minimum atomic E-state index is -0.131. The summed E-state index contributed by atoms with van der Waals surface area (Å²) < 4.78 is 13.2. The number of aryl methyl sites for hydroxylation is 1. The Hall–Kier alpha value is -1.05. The second kappa shape index (κ2) is 3.84. The van der Waals surface area contributed by atoms with E-state index in [0.29, 0.717) is 12.1 Å². The molecule has 1 aliphatic heterocycles. The molecule has 0 radical (unpaired) electrons. The van der Waals surface area contributed by atoms with Crippen molar-refractivity contribution in [3.8, 4) is 0 Å². The maximum absolute atomic E-state index is 13.2. The highest BCUT2D eigenvalue weighted by Crippen LogP contribution is 2.32. The zero-order valence-corrected chi connectivity index (χ0v) is 9.63. The molecule has 1 aromatic carbocycles. The van der Waals surface area contributed by atoms with E-state index in [0.717, 1.165) is 18.5 Å². The fourth-order valence-corrected chi connectivity index (χ4v) is 2.52. The summed E-state index contributed by atoms with van der Waals surface area (Å²) in [6.45, 7) is 6.54. The van der Waals surface area contributed by atoms with Gasteiger partial charge in [-0.15, -0.1) is 0 Å². The Morgan fingerprint density at radius 1 is 1.40 bits per heavy atom. The van der Waals surface area contributed by atoms with Gasteiger partial charge in [0.1, 0.15) is 5.82 Å². The van der Waals surface area contributed by atoms with E-state index in [1.807, 2.05) is 6.07 Å². The number of nitrogens with zero attached hydrogens (tertiary/aromatic N) is 1. The molecule has 0 saturated carbocycles. The van der Waals surface area contributed by atoms with Crippen molar-refractivity contribution in [2.45, 2.75) is 45.7 Å². The van der Waals surface area contributed by atoms with Crippen LogP contribution in [0.2, 0.25) is 0 Å². The van der Waals surface area contributed by atoms with Crippen LogP contribution in [0.1, 0.15) is 32.8 Å². The topological polar surface area (TPSA) is 3.24 Å². The fraction of sp³-hybridized carbons (Fsp3) is 0.538. The van der Waals surface area contributed by atoms with E-state index in [-0.39, 0.29) is 5.82 Å². The van der Waals surface area contributed by atoms with Gasteiger partial charge in [-0.25, -0.2) is 4.39 Å². The second-order valence-corrected chi connectivity index (χ2v) is 4.66. The molecule has 0 aliphatic carbocycles. The third-order valence-electron chi connectivity index (χ3n) is 3.19. The monoisotopic (exact) mass is 207 g/mol. The lowest BCUT2D eigenvalue weighted by Gasteiger charge is -2.40. The van der Waals surface area contributed by atoms with Crippen LogP contribution in [0.3, 0.4) is 0 Å². The molecule has 0 amide bonds. The van der Waals surface area contributed by atoms with Gasteiger partial charge >= 0.3 is 0 Å². The normalized spacial score (nSPS) is 20.6. The molecule has 1 atom stereocenters. The number of rotatable bonds is 1. The van der Waals surface area contributed by atoms with Gasteiger partial charge in [0, 0.05) is 17.8 Å². The average Bonchev–Trinajstić information content (AvgIpc) is 2.16. The number of anilines is 1. The predicted molar refractivity (Wildman–Crippen MR) is 61.8 cm³/mol. The highest BCUT2D eigenvalue weighted by molar-refractivity contribution is 5.57. The molecule has 1 heterocycles. The first-order chi connectivity index (χ1) is 7.09. The lowest BCUT2D eigenvalue weighted by molar-refractivity contribution is 0.516. The van der Waals surface area contributed by atoms with Gasteiger partial charge in [0.05, 0.1) is 0 Å². The van der Waals surface area contributed by atoms with E-state index >= 15 is 0 Å². The van der Waals surface area contributed by atoms with Crippen molar-refractivity contribution in [2.75, 3.05) is 4.90 Å². The highest BCUT2D eigenvalue weighted by Gasteiger charge is 2.25. The van der Waals surface area contributed by atoms with Crippen LogP contribution in [0.15, 0.2) is 18.2 Å². The van der Waals surface area contributed by atoms with Crippen molar-refractivity contribution >= 4 is 5.69 Å². The molecule has 15 heavy (non-hydrogen) atoms. The first kappa shape index (κ1) is 10.5. The van der Waals surface area contributed by atoms with E-state index in [9.17, 15) is 4.39 Å². The van der Waals surface area contributed by atoms with Crippen molar-refractivity contribution in [3.63, 3.8) is 0 Å². The van der Waals surface area contributed by atoms with Crippen LogP contribution < -0.4 is 4.90 Å². The van der Waals surface area contributed by atoms with Crippen LogP contribution >= 0.6 is 0 Å². The summed E-state index contributed by atoms with van der Waals surface area (Å²) in [6.07, 6.45) is 2.23. The Morgan fingerprint density at radius 3 is 2.80 bits per heavy atom. The molecule has 82 valence electrons. The standard InChI is InChI=1S/C13H18FN/c1-9(2)15-10(3)4-5-11-6-7-12(14)8-13(11)15/h6-10H,4-5H2,1-3H3. The molecule has 0 aromatic heterocycles. The van der Waals surface area contributed by atoms with Crippen LogP contribution in [0.5, 0.6) is 0 Å². The fourth-order valence-electron chi connectivity index (χ4n) is 2.52. The molecule has 0 N–H and O–H groups in total. The van der Waals surface area contributed by atoms with E-state index in [1.54, 1.807) is 12.1 Å². The smallest absolute Gasteiger partial charge is 0.125 e. The second-order valence-electron chi connectivity index (χ2n) is 4.66. The van der Waals surface area contributed by atoms with Crippen molar-refractivity contribution in [1.29, 1.82) is 0 Å². The molecule has 1 aromatic rings. The Morgan fingerprint density at radius 2 is 2.13 bits per heavy atom. The number of halogens is 1. The average molecular weight is 207 g/mol. The third kappa shape index (κ3) is 1.85. The van der Waals surface area contributed by atoms with Crippen LogP contribution in [-0.2, 0) is 6.42 Å². The van der Waals surface area contributed by atoms with E-state index < -0.39 is 0 Å².